The van der Waals surface area contributed by atoms with E-state index in [1.54, 1.807) is 6.33 Å². The number of hydrogen-bond acceptors (Lipinski definition) is 6. The third kappa shape index (κ3) is 4.29. The molecule has 1 aliphatic heterocycles. The Balaban J connectivity index is 1.45. The van der Waals surface area contributed by atoms with Crippen molar-refractivity contribution in [2.24, 2.45) is 0 Å². The molecule has 0 unspecified atom stereocenters. The fraction of sp³-hybridized carbons (Fsp3) is 0.636. The van der Waals surface area contributed by atoms with Gasteiger partial charge in [0.2, 0.25) is 5.91 Å². The van der Waals surface area contributed by atoms with Crippen LogP contribution in [0.4, 0.5) is 5.82 Å². The smallest absolute Gasteiger partial charge is 0.264 e. The van der Waals surface area contributed by atoms with Crippen LogP contribution in [0.15, 0.2) is 6.33 Å². The summed E-state index contributed by atoms with van der Waals surface area (Å²) in [4.78, 5) is 39.3. The lowest BCUT2D eigenvalue weighted by Gasteiger charge is -2.31. The molecule has 30 heavy (non-hydrogen) atoms. The molecule has 2 fully saturated rings. The zero-order valence-corrected chi connectivity index (χ0v) is 18.8. The van der Waals surface area contributed by atoms with E-state index in [0.29, 0.717) is 12.5 Å². The summed E-state index contributed by atoms with van der Waals surface area (Å²) < 4.78 is 0. The van der Waals surface area contributed by atoms with Gasteiger partial charge >= 0.3 is 0 Å². The molecule has 4 rings (SSSR count). The Kier molecular flexibility index (Phi) is 6.51. The Labute approximate surface area is 181 Å². The first-order chi connectivity index (χ1) is 14.6. The molecule has 2 aromatic heterocycles. The van der Waals surface area contributed by atoms with Crippen molar-refractivity contribution in [3.05, 3.63) is 16.8 Å². The van der Waals surface area contributed by atoms with Crippen LogP contribution in [-0.4, -0.2) is 64.3 Å². The van der Waals surface area contributed by atoms with Gasteiger partial charge in [0.25, 0.3) is 5.91 Å². The zero-order chi connectivity index (χ0) is 21.1. The molecule has 2 aromatic rings. The summed E-state index contributed by atoms with van der Waals surface area (Å²) in [6.07, 6.45) is 9.96. The number of amides is 2. The second-order valence-electron chi connectivity index (χ2n) is 8.43. The molecule has 0 bridgehead atoms. The van der Waals surface area contributed by atoms with Crippen LogP contribution in [0.1, 0.15) is 66.6 Å². The van der Waals surface area contributed by atoms with E-state index in [1.807, 2.05) is 23.8 Å². The predicted molar refractivity (Wildman–Crippen MR) is 120 cm³/mol. The van der Waals surface area contributed by atoms with Crippen LogP contribution in [0.5, 0.6) is 0 Å². The monoisotopic (exact) mass is 429 g/mol. The Bertz CT molecular complexity index is 922. The number of carbonyl (C=O) groups excluding carboxylic acids is 2. The quantitative estimate of drug-likeness (QED) is 0.677. The van der Waals surface area contributed by atoms with Crippen LogP contribution in [0, 0.1) is 6.92 Å². The van der Waals surface area contributed by atoms with Crippen LogP contribution >= 0.6 is 11.3 Å². The maximum absolute atomic E-state index is 13.2. The zero-order valence-electron chi connectivity index (χ0n) is 17.9. The normalized spacial score (nSPS) is 17.7. The SMILES string of the molecule is Cc1c(C(=O)N(C)C2CCCCC2)sc2ncnc(NCCCN3CCCC3=O)c12. The highest BCUT2D eigenvalue weighted by molar-refractivity contribution is 7.20. The summed E-state index contributed by atoms with van der Waals surface area (Å²) >= 11 is 1.46. The lowest BCUT2D eigenvalue weighted by atomic mass is 9.94. The van der Waals surface area contributed by atoms with E-state index < -0.39 is 0 Å². The van der Waals surface area contributed by atoms with Crippen molar-refractivity contribution >= 4 is 39.2 Å². The number of rotatable bonds is 7. The number of aryl methyl sites for hydroxylation is 1. The van der Waals surface area contributed by atoms with E-state index >= 15 is 0 Å². The fourth-order valence-electron chi connectivity index (χ4n) is 4.62. The van der Waals surface area contributed by atoms with Gasteiger partial charge in [-0.05, 0) is 38.2 Å². The minimum atomic E-state index is 0.0981. The maximum Gasteiger partial charge on any atom is 0.264 e. The number of aromatic nitrogens is 2. The largest absolute Gasteiger partial charge is 0.369 e. The molecule has 0 aromatic carbocycles. The van der Waals surface area contributed by atoms with Crippen LogP contribution in [0.3, 0.4) is 0 Å². The molecule has 8 heteroatoms. The number of thiophene rings is 1. The van der Waals surface area contributed by atoms with E-state index in [-0.39, 0.29) is 11.8 Å². The van der Waals surface area contributed by atoms with Crippen molar-refractivity contribution in [2.45, 2.75) is 64.3 Å². The highest BCUT2D eigenvalue weighted by Crippen LogP contribution is 2.35. The van der Waals surface area contributed by atoms with E-state index in [4.69, 9.17) is 0 Å². The van der Waals surface area contributed by atoms with Crippen molar-refractivity contribution < 1.29 is 9.59 Å². The molecule has 1 saturated carbocycles. The number of nitrogens with one attached hydrogen (secondary N) is 1. The Morgan fingerprint density at radius 1 is 1.27 bits per heavy atom. The van der Waals surface area contributed by atoms with Crippen molar-refractivity contribution in [1.29, 1.82) is 0 Å². The summed E-state index contributed by atoms with van der Waals surface area (Å²) in [5.74, 6) is 1.14. The van der Waals surface area contributed by atoms with Gasteiger partial charge in [0.1, 0.15) is 17.0 Å². The number of nitrogens with zero attached hydrogens (tertiary/aromatic N) is 4. The van der Waals surface area contributed by atoms with E-state index in [0.717, 1.165) is 71.8 Å². The molecule has 1 saturated heterocycles. The Morgan fingerprint density at radius 3 is 2.80 bits per heavy atom. The molecule has 1 N–H and O–H groups in total. The van der Waals surface area contributed by atoms with Gasteiger partial charge in [-0.25, -0.2) is 9.97 Å². The van der Waals surface area contributed by atoms with Crippen LogP contribution in [-0.2, 0) is 4.79 Å². The van der Waals surface area contributed by atoms with Gasteiger partial charge in [0.15, 0.2) is 0 Å². The van der Waals surface area contributed by atoms with Gasteiger partial charge in [-0.3, -0.25) is 9.59 Å². The first kappa shape index (κ1) is 21.0. The molecule has 7 nitrogen and oxygen atoms in total. The highest BCUT2D eigenvalue weighted by Gasteiger charge is 2.27. The van der Waals surface area contributed by atoms with Crippen molar-refractivity contribution in [3.63, 3.8) is 0 Å². The summed E-state index contributed by atoms with van der Waals surface area (Å²) in [5, 5.41) is 4.35. The number of anilines is 1. The molecular weight excluding hydrogens is 398 g/mol. The highest BCUT2D eigenvalue weighted by atomic mass is 32.1. The maximum atomic E-state index is 13.2. The number of carbonyl (C=O) groups is 2. The second kappa shape index (κ2) is 9.29. The molecule has 3 heterocycles. The molecule has 162 valence electrons. The first-order valence-electron chi connectivity index (χ1n) is 11.1. The predicted octanol–water partition coefficient (Wildman–Crippen LogP) is 3.83. The van der Waals surface area contributed by atoms with Crippen LogP contribution in [0.2, 0.25) is 0 Å². The molecule has 0 spiro atoms. The minimum absolute atomic E-state index is 0.0981. The van der Waals surface area contributed by atoms with Crippen LogP contribution in [0.25, 0.3) is 10.2 Å². The summed E-state index contributed by atoms with van der Waals surface area (Å²) in [5.41, 5.74) is 0.959. The molecule has 0 radical (unpaired) electrons. The van der Waals surface area contributed by atoms with E-state index in [1.165, 1.54) is 30.6 Å². The summed E-state index contributed by atoms with van der Waals surface area (Å²) in [6, 6.07) is 0.341. The van der Waals surface area contributed by atoms with E-state index in [2.05, 4.69) is 15.3 Å². The summed E-state index contributed by atoms with van der Waals surface area (Å²) in [6.45, 7) is 4.38. The lowest BCUT2D eigenvalue weighted by molar-refractivity contribution is -0.127. The van der Waals surface area contributed by atoms with Gasteiger partial charge in [0.05, 0.1) is 10.3 Å². The number of fused-ring (bicyclic) bond motifs is 1. The molecule has 2 amide bonds. The van der Waals surface area contributed by atoms with Crippen LogP contribution < -0.4 is 5.32 Å². The second-order valence-corrected chi connectivity index (χ2v) is 9.43. The number of hydrogen-bond donors (Lipinski definition) is 1. The van der Waals surface area contributed by atoms with Gasteiger partial charge in [-0.2, -0.15) is 0 Å². The minimum Gasteiger partial charge on any atom is -0.369 e. The molecule has 1 aliphatic carbocycles. The molecule has 2 aliphatic rings. The average Bonchev–Trinajstić information content (AvgIpc) is 3.34. The topological polar surface area (TPSA) is 78.4 Å². The van der Waals surface area contributed by atoms with Crippen molar-refractivity contribution in [1.82, 2.24) is 19.8 Å². The average molecular weight is 430 g/mol. The Morgan fingerprint density at radius 2 is 2.07 bits per heavy atom. The molecule has 0 atom stereocenters. The van der Waals surface area contributed by atoms with Gasteiger partial charge < -0.3 is 15.1 Å². The van der Waals surface area contributed by atoms with Gasteiger partial charge in [-0.1, -0.05) is 19.3 Å². The van der Waals surface area contributed by atoms with Gasteiger partial charge in [-0.15, -0.1) is 11.3 Å². The first-order valence-corrected chi connectivity index (χ1v) is 11.9. The standard InChI is InChI=1S/C22H31N5O2S/c1-15-18-20(23-11-7-13-27-12-6-10-17(27)28)24-14-25-21(18)30-19(15)22(29)26(2)16-8-4-3-5-9-16/h14,16H,3-13H2,1-2H3,(H,23,24,25). The van der Waals surface area contributed by atoms with Crippen molar-refractivity contribution in [2.75, 3.05) is 32.0 Å². The molecular formula is C22H31N5O2S. The van der Waals surface area contributed by atoms with Crippen molar-refractivity contribution in [3.8, 4) is 0 Å². The number of likely N-dealkylation sites (tertiary alicyclic amines) is 1. The lowest BCUT2D eigenvalue weighted by Crippen LogP contribution is -2.38. The Hall–Kier alpha value is -2.22. The van der Waals surface area contributed by atoms with Gasteiger partial charge in [0, 0.05) is 39.1 Å². The van der Waals surface area contributed by atoms with E-state index in [9.17, 15) is 9.59 Å². The fourth-order valence-corrected chi connectivity index (χ4v) is 5.75. The third-order valence-corrected chi connectivity index (χ3v) is 7.62. The third-order valence-electron chi connectivity index (χ3n) is 6.43. The summed E-state index contributed by atoms with van der Waals surface area (Å²) in [7, 11) is 1.94.